The summed E-state index contributed by atoms with van der Waals surface area (Å²) < 4.78 is 1.97. The fourth-order valence-electron chi connectivity index (χ4n) is 4.31. The van der Waals surface area contributed by atoms with Crippen molar-refractivity contribution < 1.29 is 4.79 Å². The van der Waals surface area contributed by atoms with Gasteiger partial charge in [0, 0.05) is 26.6 Å². The van der Waals surface area contributed by atoms with Crippen molar-refractivity contribution in [3.05, 3.63) is 17.5 Å². The standard InChI is InChI=1S/C19H32N4O/c1-21(2)14-16-13-17(20-22(16)3)18-9-6-12-23(18)19(24)11-10-15-7-4-5-8-15/h13,15,18H,4-12,14H2,1-3H3/t18-/m0/s1. The van der Waals surface area contributed by atoms with E-state index in [-0.39, 0.29) is 6.04 Å². The minimum Gasteiger partial charge on any atom is -0.334 e. The lowest BCUT2D eigenvalue weighted by atomic mass is 10.0. The Kier molecular flexibility index (Phi) is 5.59. The topological polar surface area (TPSA) is 41.4 Å². The zero-order chi connectivity index (χ0) is 17.1. The Morgan fingerprint density at radius 3 is 2.71 bits per heavy atom. The first kappa shape index (κ1) is 17.5. The lowest BCUT2D eigenvalue weighted by molar-refractivity contribution is -0.132. The van der Waals surface area contributed by atoms with Crippen LogP contribution in [-0.4, -0.2) is 46.1 Å². The van der Waals surface area contributed by atoms with Crippen molar-refractivity contribution in [3.63, 3.8) is 0 Å². The molecule has 0 spiro atoms. The van der Waals surface area contributed by atoms with E-state index in [0.717, 1.165) is 50.4 Å². The van der Waals surface area contributed by atoms with Crippen LogP contribution < -0.4 is 0 Å². The number of hydrogen-bond acceptors (Lipinski definition) is 3. The van der Waals surface area contributed by atoms with E-state index in [9.17, 15) is 4.79 Å². The van der Waals surface area contributed by atoms with Crippen LogP contribution in [0.15, 0.2) is 6.07 Å². The highest BCUT2D eigenvalue weighted by Crippen LogP contribution is 2.34. The van der Waals surface area contributed by atoms with Gasteiger partial charge in [-0.25, -0.2) is 0 Å². The first-order valence-corrected chi connectivity index (χ1v) is 9.51. The van der Waals surface area contributed by atoms with Crippen LogP contribution in [0.4, 0.5) is 0 Å². The van der Waals surface area contributed by atoms with Gasteiger partial charge in [-0.3, -0.25) is 9.48 Å². The third-order valence-electron chi connectivity index (χ3n) is 5.63. The molecule has 5 nitrogen and oxygen atoms in total. The molecule has 0 N–H and O–H groups in total. The Morgan fingerprint density at radius 1 is 1.25 bits per heavy atom. The van der Waals surface area contributed by atoms with Crippen molar-refractivity contribution in [2.45, 2.75) is 64.0 Å². The molecule has 1 atom stereocenters. The minimum absolute atomic E-state index is 0.184. The van der Waals surface area contributed by atoms with Gasteiger partial charge in [0.25, 0.3) is 0 Å². The summed E-state index contributed by atoms with van der Waals surface area (Å²) in [6.07, 6.45) is 9.30. The van der Waals surface area contributed by atoms with E-state index in [0.29, 0.717) is 5.91 Å². The van der Waals surface area contributed by atoms with Gasteiger partial charge in [0.15, 0.2) is 0 Å². The highest BCUT2D eigenvalue weighted by molar-refractivity contribution is 5.77. The molecule has 0 radical (unpaired) electrons. The molecule has 1 aromatic rings. The van der Waals surface area contributed by atoms with E-state index in [4.69, 9.17) is 5.10 Å². The summed E-state index contributed by atoms with van der Waals surface area (Å²) in [4.78, 5) is 17.0. The average Bonchev–Trinajstić information content (AvgIpc) is 3.25. The number of carbonyl (C=O) groups is 1. The molecule has 0 unspecified atom stereocenters. The van der Waals surface area contributed by atoms with Crippen molar-refractivity contribution >= 4 is 5.91 Å². The number of aromatic nitrogens is 2. The summed E-state index contributed by atoms with van der Waals surface area (Å²) >= 11 is 0. The van der Waals surface area contributed by atoms with E-state index in [1.165, 1.54) is 31.4 Å². The van der Waals surface area contributed by atoms with Crippen molar-refractivity contribution in [2.75, 3.05) is 20.6 Å². The van der Waals surface area contributed by atoms with Crippen molar-refractivity contribution in [1.82, 2.24) is 19.6 Å². The maximum Gasteiger partial charge on any atom is 0.223 e. The van der Waals surface area contributed by atoms with E-state index < -0.39 is 0 Å². The van der Waals surface area contributed by atoms with Crippen molar-refractivity contribution in [3.8, 4) is 0 Å². The number of likely N-dealkylation sites (tertiary alicyclic amines) is 1. The number of aryl methyl sites for hydroxylation is 1. The molecule has 2 aliphatic rings. The van der Waals surface area contributed by atoms with Gasteiger partial charge in [-0.1, -0.05) is 25.7 Å². The smallest absolute Gasteiger partial charge is 0.223 e. The largest absolute Gasteiger partial charge is 0.334 e. The van der Waals surface area contributed by atoms with Crippen LogP contribution >= 0.6 is 0 Å². The first-order chi connectivity index (χ1) is 11.5. The summed E-state index contributed by atoms with van der Waals surface area (Å²) in [5, 5.41) is 4.71. The SMILES string of the molecule is CN(C)Cc1cc([C@@H]2CCCN2C(=O)CCC2CCCC2)nn1C. The van der Waals surface area contributed by atoms with Crippen LogP contribution in [0, 0.1) is 5.92 Å². The quantitative estimate of drug-likeness (QED) is 0.804. The molecule has 5 heteroatoms. The fourth-order valence-corrected chi connectivity index (χ4v) is 4.31. The molecule has 3 rings (SSSR count). The van der Waals surface area contributed by atoms with Gasteiger partial charge < -0.3 is 9.80 Å². The highest BCUT2D eigenvalue weighted by Gasteiger charge is 2.32. The molecule has 1 saturated carbocycles. The number of rotatable bonds is 6. The molecule has 24 heavy (non-hydrogen) atoms. The van der Waals surface area contributed by atoms with Gasteiger partial charge in [-0.15, -0.1) is 0 Å². The molecule has 2 heterocycles. The van der Waals surface area contributed by atoms with Crippen LogP contribution in [0.25, 0.3) is 0 Å². The molecule has 1 aromatic heterocycles. The Bertz CT molecular complexity index is 560. The zero-order valence-corrected chi connectivity index (χ0v) is 15.5. The number of nitrogens with zero attached hydrogens (tertiary/aromatic N) is 4. The maximum absolute atomic E-state index is 12.7. The van der Waals surface area contributed by atoms with Gasteiger partial charge in [-0.05, 0) is 45.3 Å². The van der Waals surface area contributed by atoms with E-state index >= 15 is 0 Å². The van der Waals surface area contributed by atoms with Crippen molar-refractivity contribution in [1.29, 1.82) is 0 Å². The Morgan fingerprint density at radius 2 is 2.00 bits per heavy atom. The lowest BCUT2D eigenvalue weighted by Crippen LogP contribution is -2.30. The predicted octanol–water partition coefficient (Wildman–Crippen LogP) is 3.12. The second kappa shape index (κ2) is 7.68. The summed E-state index contributed by atoms with van der Waals surface area (Å²) in [5.41, 5.74) is 2.28. The molecule has 1 aliphatic heterocycles. The second-order valence-electron chi connectivity index (χ2n) is 7.86. The summed E-state index contributed by atoms with van der Waals surface area (Å²) in [6.45, 7) is 1.78. The fraction of sp³-hybridized carbons (Fsp3) is 0.789. The van der Waals surface area contributed by atoms with Gasteiger partial charge in [0.05, 0.1) is 17.4 Å². The van der Waals surface area contributed by atoms with Gasteiger partial charge in [-0.2, -0.15) is 5.10 Å². The molecule has 1 aliphatic carbocycles. The van der Waals surface area contributed by atoms with E-state index in [2.05, 4.69) is 30.0 Å². The maximum atomic E-state index is 12.7. The van der Waals surface area contributed by atoms with Gasteiger partial charge in [0.1, 0.15) is 0 Å². The molecule has 0 bridgehead atoms. The average molecular weight is 332 g/mol. The lowest BCUT2D eigenvalue weighted by Gasteiger charge is -2.24. The molecule has 1 saturated heterocycles. The molecular formula is C19H32N4O. The van der Waals surface area contributed by atoms with Crippen LogP contribution in [0.1, 0.15) is 68.8 Å². The van der Waals surface area contributed by atoms with Crippen LogP contribution in [0.5, 0.6) is 0 Å². The monoisotopic (exact) mass is 332 g/mol. The molecule has 1 amide bonds. The van der Waals surface area contributed by atoms with Gasteiger partial charge >= 0.3 is 0 Å². The zero-order valence-electron chi connectivity index (χ0n) is 15.5. The van der Waals surface area contributed by atoms with E-state index in [1.54, 1.807) is 0 Å². The number of hydrogen-bond donors (Lipinski definition) is 0. The Hall–Kier alpha value is -1.36. The summed E-state index contributed by atoms with van der Waals surface area (Å²) in [6, 6.07) is 2.37. The molecule has 134 valence electrons. The van der Waals surface area contributed by atoms with Gasteiger partial charge in [0.2, 0.25) is 5.91 Å². The van der Waals surface area contributed by atoms with Crippen LogP contribution in [0.3, 0.4) is 0 Å². The van der Waals surface area contributed by atoms with E-state index in [1.807, 2.05) is 11.7 Å². The third-order valence-corrected chi connectivity index (χ3v) is 5.63. The van der Waals surface area contributed by atoms with Crippen LogP contribution in [0.2, 0.25) is 0 Å². The van der Waals surface area contributed by atoms with Crippen molar-refractivity contribution in [2.24, 2.45) is 13.0 Å². The third kappa shape index (κ3) is 4.00. The molecule has 2 fully saturated rings. The first-order valence-electron chi connectivity index (χ1n) is 9.51. The summed E-state index contributed by atoms with van der Waals surface area (Å²) in [5.74, 6) is 1.13. The Balaban J connectivity index is 1.63. The summed E-state index contributed by atoms with van der Waals surface area (Å²) in [7, 11) is 6.14. The van der Waals surface area contributed by atoms with Crippen LogP contribution in [-0.2, 0) is 18.4 Å². The minimum atomic E-state index is 0.184. The Labute approximate surface area is 146 Å². The predicted molar refractivity (Wildman–Crippen MR) is 95.5 cm³/mol. The number of carbonyl (C=O) groups excluding carboxylic acids is 1. The molecule has 0 aromatic carbocycles. The highest BCUT2D eigenvalue weighted by atomic mass is 16.2. The molecular weight excluding hydrogens is 300 g/mol. The number of amides is 1. The second-order valence-corrected chi connectivity index (χ2v) is 7.86. The normalized spacial score (nSPS) is 22.0.